The maximum atomic E-state index is 13.4. The Morgan fingerprint density at radius 2 is 1.50 bits per heavy atom. The van der Waals surface area contributed by atoms with Crippen molar-refractivity contribution in [1.82, 2.24) is 4.90 Å². The Hall–Kier alpha value is -3.35. The number of anilines is 1. The first kappa shape index (κ1) is 22.4. The molecule has 3 aromatic rings. The first-order valence-corrected chi connectivity index (χ1v) is 12.3. The highest BCUT2D eigenvalue weighted by molar-refractivity contribution is 8.18. The number of hydrogen-bond acceptors (Lipinski definition) is 5. The smallest absolute Gasteiger partial charge is 0.267 e. The number of nitrogens with zero attached hydrogens (tertiary/aromatic N) is 3. The van der Waals surface area contributed by atoms with Gasteiger partial charge in [0, 0.05) is 18.8 Å². The molecule has 0 spiro atoms. The predicted octanol–water partition coefficient (Wildman–Crippen LogP) is 5.20. The van der Waals surface area contributed by atoms with Crippen LogP contribution in [-0.2, 0) is 22.6 Å². The second-order valence-electron chi connectivity index (χ2n) is 8.26. The van der Waals surface area contributed by atoms with Crippen LogP contribution in [0.2, 0.25) is 0 Å². The zero-order valence-electron chi connectivity index (χ0n) is 19.0. The summed E-state index contributed by atoms with van der Waals surface area (Å²) in [6, 6.07) is 28.6. The Morgan fingerprint density at radius 1 is 0.853 bits per heavy atom. The largest absolute Gasteiger partial charge is 0.378 e. The van der Waals surface area contributed by atoms with Crippen molar-refractivity contribution in [3.63, 3.8) is 0 Å². The second kappa shape index (κ2) is 10.7. The van der Waals surface area contributed by atoms with E-state index in [1.165, 1.54) is 17.4 Å². The molecule has 34 heavy (non-hydrogen) atoms. The lowest BCUT2D eigenvalue weighted by molar-refractivity contribution is -0.122. The van der Waals surface area contributed by atoms with E-state index in [0.717, 1.165) is 48.2 Å². The highest BCUT2D eigenvalue weighted by Crippen LogP contribution is 2.34. The average Bonchev–Trinajstić information content (AvgIpc) is 3.19. The monoisotopic (exact) mass is 469 g/mol. The highest BCUT2D eigenvalue weighted by Gasteiger charge is 2.33. The van der Waals surface area contributed by atoms with Crippen LogP contribution < -0.4 is 4.90 Å². The molecule has 2 saturated heterocycles. The standard InChI is InChI=1S/C28H27N3O2S/c32-27-26(19-22-11-13-25(14-12-22)30-15-17-33-18-16-30)34-28(29-20-23-7-3-1-4-8-23)31(27)21-24-9-5-2-6-10-24/h1-14,19H,15-18,20-21H2. The molecule has 0 unspecified atom stereocenters. The van der Waals surface area contributed by atoms with Gasteiger partial charge in [0.2, 0.25) is 0 Å². The molecule has 2 aliphatic heterocycles. The minimum atomic E-state index is -0.00193. The van der Waals surface area contributed by atoms with Crippen molar-refractivity contribution in [3.05, 3.63) is 107 Å². The van der Waals surface area contributed by atoms with Gasteiger partial charge in [-0.3, -0.25) is 14.7 Å². The van der Waals surface area contributed by atoms with Crippen molar-refractivity contribution < 1.29 is 9.53 Å². The fourth-order valence-corrected chi connectivity index (χ4v) is 5.00. The van der Waals surface area contributed by atoms with Crippen molar-refractivity contribution in [2.75, 3.05) is 31.2 Å². The van der Waals surface area contributed by atoms with Crippen LogP contribution in [0.1, 0.15) is 16.7 Å². The lowest BCUT2D eigenvalue weighted by atomic mass is 10.1. The van der Waals surface area contributed by atoms with Gasteiger partial charge in [0.1, 0.15) is 0 Å². The summed E-state index contributed by atoms with van der Waals surface area (Å²) in [5.74, 6) is -0.00193. The molecule has 6 heteroatoms. The topological polar surface area (TPSA) is 45.1 Å². The summed E-state index contributed by atoms with van der Waals surface area (Å²) in [7, 11) is 0. The van der Waals surface area contributed by atoms with E-state index in [1.54, 1.807) is 4.90 Å². The number of hydrogen-bond donors (Lipinski definition) is 0. The van der Waals surface area contributed by atoms with Crippen LogP contribution in [0.15, 0.2) is 94.8 Å². The summed E-state index contributed by atoms with van der Waals surface area (Å²) in [4.78, 5) is 23.0. The number of thioether (sulfide) groups is 1. The molecule has 2 heterocycles. The maximum Gasteiger partial charge on any atom is 0.267 e. The van der Waals surface area contributed by atoms with Gasteiger partial charge in [-0.15, -0.1) is 0 Å². The molecule has 0 radical (unpaired) electrons. The molecule has 5 rings (SSSR count). The first-order valence-electron chi connectivity index (χ1n) is 11.5. The van der Waals surface area contributed by atoms with E-state index >= 15 is 0 Å². The quantitative estimate of drug-likeness (QED) is 0.466. The van der Waals surface area contributed by atoms with Gasteiger partial charge in [0.05, 0.1) is 31.2 Å². The fourth-order valence-electron chi connectivity index (χ4n) is 4.03. The van der Waals surface area contributed by atoms with Crippen molar-refractivity contribution in [2.24, 2.45) is 4.99 Å². The average molecular weight is 470 g/mol. The minimum absolute atomic E-state index is 0.00193. The predicted molar refractivity (Wildman–Crippen MR) is 140 cm³/mol. The van der Waals surface area contributed by atoms with Gasteiger partial charge in [-0.25, -0.2) is 0 Å². The van der Waals surface area contributed by atoms with Crippen LogP contribution >= 0.6 is 11.8 Å². The van der Waals surface area contributed by atoms with Crippen molar-refractivity contribution in [1.29, 1.82) is 0 Å². The van der Waals surface area contributed by atoms with Gasteiger partial charge < -0.3 is 9.64 Å². The first-order chi connectivity index (χ1) is 16.8. The summed E-state index contributed by atoms with van der Waals surface area (Å²) >= 11 is 1.45. The number of carbonyl (C=O) groups excluding carboxylic acids is 1. The number of aliphatic imine (C=N–C) groups is 1. The lowest BCUT2D eigenvalue weighted by Gasteiger charge is -2.28. The summed E-state index contributed by atoms with van der Waals surface area (Å²) in [5, 5.41) is 0.744. The molecule has 0 saturated carbocycles. The molecule has 0 bridgehead atoms. The number of carbonyl (C=O) groups is 1. The Labute approximate surface area is 204 Å². The van der Waals surface area contributed by atoms with Crippen LogP contribution in [-0.4, -0.2) is 42.3 Å². The molecule has 1 amide bonds. The number of ether oxygens (including phenoxy) is 1. The molecular formula is C28H27N3O2S. The van der Waals surface area contributed by atoms with Crippen molar-refractivity contribution in [2.45, 2.75) is 13.1 Å². The Balaban J connectivity index is 1.37. The molecule has 2 aliphatic rings. The van der Waals surface area contributed by atoms with Gasteiger partial charge in [-0.2, -0.15) is 0 Å². The zero-order chi connectivity index (χ0) is 23.2. The number of rotatable bonds is 6. The Kier molecular flexibility index (Phi) is 7.08. The van der Waals surface area contributed by atoms with Gasteiger partial charge in [0.15, 0.2) is 5.17 Å². The molecule has 172 valence electrons. The van der Waals surface area contributed by atoms with E-state index in [4.69, 9.17) is 9.73 Å². The molecular weight excluding hydrogens is 442 g/mol. The van der Waals surface area contributed by atoms with Crippen LogP contribution in [0, 0.1) is 0 Å². The Bertz CT molecular complexity index is 1170. The van der Waals surface area contributed by atoms with E-state index in [0.29, 0.717) is 18.0 Å². The van der Waals surface area contributed by atoms with E-state index in [1.807, 2.05) is 54.6 Å². The minimum Gasteiger partial charge on any atom is -0.378 e. The number of amides is 1. The molecule has 0 aliphatic carbocycles. The SMILES string of the molecule is O=C1C(=Cc2ccc(N3CCOCC3)cc2)SC(=NCc2ccccc2)N1Cc1ccccc1. The maximum absolute atomic E-state index is 13.4. The van der Waals surface area contributed by atoms with Gasteiger partial charge in [0.25, 0.3) is 5.91 Å². The number of morpholine rings is 1. The fraction of sp³-hybridized carbons (Fsp3) is 0.214. The molecule has 2 fully saturated rings. The third-order valence-corrected chi connectivity index (χ3v) is 6.92. The molecule has 3 aromatic carbocycles. The van der Waals surface area contributed by atoms with Crippen LogP contribution in [0.5, 0.6) is 0 Å². The normalized spacial score (nSPS) is 18.8. The van der Waals surface area contributed by atoms with E-state index in [9.17, 15) is 4.79 Å². The summed E-state index contributed by atoms with van der Waals surface area (Å²) in [6.07, 6.45) is 1.97. The summed E-state index contributed by atoms with van der Waals surface area (Å²) in [5.41, 5.74) is 4.40. The number of amidine groups is 1. The zero-order valence-corrected chi connectivity index (χ0v) is 19.8. The molecule has 5 nitrogen and oxygen atoms in total. The molecule has 0 aromatic heterocycles. The highest BCUT2D eigenvalue weighted by atomic mass is 32.2. The molecule has 0 atom stereocenters. The third-order valence-electron chi connectivity index (χ3n) is 5.88. The number of benzene rings is 3. The van der Waals surface area contributed by atoms with E-state index < -0.39 is 0 Å². The van der Waals surface area contributed by atoms with Crippen LogP contribution in [0.25, 0.3) is 6.08 Å². The lowest BCUT2D eigenvalue weighted by Crippen LogP contribution is -2.36. The molecule has 0 N–H and O–H groups in total. The second-order valence-corrected chi connectivity index (χ2v) is 9.27. The Morgan fingerprint density at radius 3 is 2.18 bits per heavy atom. The van der Waals surface area contributed by atoms with Gasteiger partial charge in [-0.05, 0) is 46.7 Å². The van der Waals surface area contributed by atoms with E-state index in [2.05, 4.69) is 41.3 Å². The van der Waals surface area contributed by atoms with Crippen LogP contribution in [0.3, 0.4) is 0 Å². The van der Waals surface area contributed by atoms with E-state index in [-0.39, 0.29) is 5.91 Å². The van der Waals surface area contributed by atoms with Gasteiger partial charge >= 0.3 is 0 Å². The summed E-state index contributed by atoms with van der Waals surface area (Å²) in [6.45, 7) is 4.39. The van der Waals surface area contributed by atoms with Crippen molar-refractivity contribution >= 4 is 34.6 Å². The summed E-state index contributed by atoms with van der Waals surface area (Å²) < 4.78 is 5.45. The van der Waals surface area contributed by atoms with Crippen LogP contribution in [0.4, 0.5) is 5.69 Å². The van der Waals surface area contributed by atoms with Crippen molar-refractivity contribution in [3.8, 4) is 0 Å². The van der Waals surface area contributed by atoms with Gasteiger partial charge in [-0.1, -0.05) is 72.8 Å². The third kappa shape index (κ3) is 5.41.